The summed E-state index contributed by atoms with van der Waals surface area (Å²) in [5, 5.41) is 0. The minimum absolute atomic E-state index is 0. The second-order valence-electron chi connectivity index (χ2n) is 2.15. The van der Waals surface area contributed by atoms with E-state index >= 15 is 0 Å². The molecule has 0 amide bonds. The van der Waals surface area contributed by atoms with Crippen molar-refractivity contribution in [2.75, 3.05) is 20.6 Å². The molecule has 0 aromatic carbocycles. The van der Waals surface area contributed by atoms with Crippen LogP contribution in [0.15, 0.2) is 0 Å². The third-order valence-corrected chi connectivity index (χ3v) is 1.09. The molecule has 0 saturated carbocycles. The molecule has 0 aromatic heterocycles. The molecule has 0 saturated heterocycles. The first kappa shape index (κ1) is 15.3. The van der Waals surface area contributed by atoms with Gasteiger partial charge in [-0.05, 0) is 14.1 Å². The van der Waals surface area contributed by atoms with Crippen molar-refractivity contribution in [3.8, 4) is 0 Å². The van der Waals surface area contributed by atoms with Gasteiger partial charge in [-0.15, -0.1) is 0 Å². The molecule has 0 aliphatic heterocycles. The molecule has 8 heteroatoms. The quantitative estimate of drug-likeness (QED) is 0.387. The van der Waals surface area contributed by atoms with E-state index in [-0.39, 0.29) is 44.3 Å². The zero-order valence-electron chi connectivity index (χ0n) is 6.85. The van der Waals surface area contributed by atoms with Gasteiger partial charge in [0.25, 0.3) is 0 Å². The summed E-state index contributed by atoms with van der Waals surface area (Å²) in [6, 6.07) is 0. The third kappa shape index (κ3) is 10.8. The van der Waals surface area contributed by atoms with Crippen molar-refractivity contribution >= 4 is 51.5 Å². The summed E-state index contributed by atoms with van der Waals surface area (Å²) in [5.41, 5.74) is 0. The maximum atomic E-state index is 10.4. The smallest absolute Gasteiger partial charge is 0.780 e. The molecule has 12 heavy (non-hydrogen) atoms. The molecule has 0 fully saturated rings. The van der Waals surface area contributed by atoms with Gasteiger partial charge in [-0.3, -0.25) is 9.69 Å². The Morgan fingerprint density at radius 3 is 2.17 bits per heavy atom. The summed E-state index contributed by atoms with van der Waals surface area (Å²) in [5.74, 6) is -1.07. The van der Waals surface area contributed by atoms with Gasteiger partial charge < -0.3 is 18.9 Å². The van der Waals surface area contributed by atoms with Gasteiger partial charge in [0, 0.05) is 0 Å². The van der Waals surface area contributed by atoms with E-state index in [1.807, 2.05) is 0 Å². The summed E-state index contributed by atoms with van der Waals surface area (Å²) < 4.78 is 13.3. The molecule has 0 bridgehead atoms. The zero-order valence-corrected chi connectivity index (χ0v) is 9.95. The standard InChI is InChI=1S/C4H10NO5P.Ca/c1-5(2)3-4(6)10-11(7,8)9;/h3H2,1-2H3,(H2,7,8,9);/q;+2/p-2. The largest absolute Gasteiger partial charge is 2.00 e. The molecule has 0 aromatic rings. The van der Waals surface area contributed by atoms with Crippen LogP contribution in [0.1, 0.15) is 0 Å². The minimum atomic E-state index is -5.15. The number of phosphoric ester groups is 1. The van der Waals surface area contributed by atoms with Gasteiger partial charge in [0.05, 0.1) is 6.54 Å². The van der Waals surface area contributed by atoms with Crippen LogP contribution in [0.3, 0.4) is 0 Å². The Bertz CT molecular complexity index is 190. The van der Waals surface area contributed by atoms with E-state index in [1.165, 1.54) is 4.90 Å². The van der Waals surface area contributed by atoms with Crippen molar-refractivity contribution in [2.24, 2.45) is 0 Å². The summed E-state index contributed by atoms with van der Waals surface area (Å²) >= 11 is 0. The monoisotopic (exact) mass is 221 g/mol. The first-order chi connectivity index (χ1) is 4.81. The van der Waals surface area contributed by atoms with Gasteiger partial charge in [-0.2, -0.15) is 0 Å². The molecule has 0 aliphatic carbocycles. The normalized spacial score (nSPS) is 10.8. The SMILES string of the molecule is CN(C)CC(=O)OP(=O)([O-])[O-].[Ca+2]. The molecule has 66 valence electrons. The third-order valence-electron chi connectivity index (χ3n) is 0.659. The van der Waals surface area contributed by atoms with Gasteiger partial charge in [0.1, 0.15) is 7.82 Å². The van der Waals surface area contributed by atoms with Crippen LogP contribution in [0.25, 0.3) is 0 Å². The molecule has 0 atom stereocenters. The number of phosphoric acid groups is 1. The number of carbonyl (C=O) groups is 1. The van der Waals surface area contributed by atoms with Crippen molar-refractivity contribution in [3.05, 3.63) is 0 Å². The molecule has 0 spiro atoms. The first-order valence-electron chi connectivity index (χ1n) is 2.70. The Kier molecular flexibility index (Phi) is 8.06. The van der Waals surface area contributed by atoms with Gasteiger partial charge in [-0.25, -0.2) is 0 Å². The number of likely N-dealkylation sites (N-methyl/N-ethyl adjacent to an activating group) is 1. The summed E-state index contributed by atoms with van der Waals surface area (Å²) in [7, 11) is -2.07. The molecule has 0 heterocycles. The van der Waals surface area contributed by atoms with Gasteiger partial charge in [-0.1, -0.05) is 0 Å². The second-order valence-corrected chi connectivity index (χ2v) is 3.23. The number of hydrogen-bond acceptors (Lipinski definition) is 6. The number of nitrogens with zero attached hydrogens (tertiary/aromatic N) is 1. The average molecular weight is 221 g/mol. The van der Waals surface area contributed by atoms with Gasteiger partial charge in [0.2, 0.25) is 0 Å². The van der Waals surface area contributed by atoms with Crippen LogP contribution in [0.5, 0.6) is 0 Å². The fourth-order valence-corrected chi connectivity index (χ4v) is 0.719. The molecule has 0 aliphatic rings. The summed E-state index contributed by atoms with van der Waals surface area (Å²) in [4.78, 5) is 31.5. The van der Waals surface area contributed by atoms with E-state index in [0.717, 1.165) is 0 Å². The second kappa shape index (κ2) is 6.32. The van der Waals surface area contributed by atoms with E-state index in [1.54, 1.807) is 14.1 Å². The number of hydrogen-bond donors (Lipinski definition) is 0. The van der Waals surface area contributed by atoms with Crippen molar-refractivity contribution in [1.82, 2.24) is 4.90 Å². The predicted molar refractivity (Wildman–Crippen MR) is 38.0 cm³/mol. The Morgan fingerprint density at radius 2 is 1.92 bits per heavy atom. The van der Waals surface area contributed by atoms with E-state index in [4.69, 9.17) is 0 Å². The van der Waals surface area contributed by atoms with Crippen LogP contribution >= 0.6 is 7.82 Å². The molecular formula is C4H8CaNO5P. The molecule has 0 rings (SSSR count). The molecular weight excluding hydrogens is 213 g/mol. The van der Waals surface area contributed by atoms with Crippen molar-refractivity contribution < 1.29 is 23.7 Å². The van der Waals surface area contributed by atoms with E-state index < -0.39 is 13.8 Å². The van der Waals surface area contributed by atoms with Crippen LogP contribution < -0.4 is 9.79 Å². The van der Waals surface area contributed by atoms with Crippen molar-refractivity contribution in [2.45, 2.75) is 0 Å². The maximum absolute atomic E-state index is 10.4. The van der Waals surface area contributed by atoms with Crippen LogP contribution in [0, 0.1) is 0 Å². The van der Waals surface area contributed by atoms with Gasteiger partial charge in [0.15, 0.2) is 0 Å². The molecule has 0 unspecified atom stereocenters. The van der Waals surface area contributed by atoms with Crippen LogP contribution in [0.4, 0.5) is 0 Å². The van der Waals surface area contributed by atoms with Crippen LogP contribution in [-0.2, 0) is 13.9 Å². The van der Waals surface area contributed by atoms with Crippen molar-refractivity contribution in [3.63, 3.8) is 0 Å². The summed E-state index contributed by atoms with van der Waals surface area (Å²) in [6.45, 7) is -0.228. The fourth-order valence-electron chi connectivity index (χ4n) is 0.412. The van der Waals surface area contributed by atoms with E-state index in [9.17, 15) is 19.1 Å². The fraction of sp³-hybridized carbons (Fsp3) is 0.750. The predicted octanol–water partition coefficient (Wildman–Crippen LogP) is -2.46. The van der Waals surface area contributed by atoms with Crippen molar-refractivity contribution in [1.29, 1.82) is 0 Å². The maximum Gasteiger partial charge on any atom is 2.00 e. The van der Waals surface area contributed by atoms with E-state index in [0.29, 0.717) is 0 Å². The Morgan fingerprint density at radius 1 is 1.50 bits per heavy atom. The Balaban J connectivity index is 0. The zero-order chi connectivity index (χ0) is 9.07. The topological polar surface area (TPSA) is 92.7 Å². The summed E-state index contributed by atoms with van der Waals surface area (Å²) in [6.07, 6.45) is 0. The Labute approximate surface area is 100 Å². The average Bonchev–Trinajstić information content (AvgIpc) is 1.53. The minimum Gasteiger partial charge on any atom is -0.780 e. The molecule has 0 N–H and O–H groups in total. The van der Waals surface area contributed by atoms with Gasteiger partial charge >= 0.3 is 43.7 Å². The molecule has 0 radical (unpaired) electrons. The van der Waals surface area contributed by atoms with Crippen LogP contribution in [-0.4, -0.2) is 69.2 Å². The molecule has 6 nitrogen and oxygen atoms in total. The van der Waals surface area contributed by atoms with E-state index in [2.05, 4.69) is 4.52 Å². The van der Waals surface area contributed by atoms with Crippen LogP contribution in [0.2, 0.25) is 0 Å². The first-order valence-corrected chi connectivity index (χ1v) is 4.16. The number of rotatable bonds is 3. The number of carbonyl (C=O) groups excluding carboxylic acids is 1. The Hall–Kier alpha value is 0.840.